The summed E-state index contributed by atoms with van der Waals surface area (Å²) in [5.74, 6) is -0.0647. The van der Waals surface area contributed by atoms with E-state index >= 15 is 0 Å². The Morgan fingerprint density at radius 2 is 1.56 bits per heavy atom. The van der Waals surface area contributed by atoms with Gasteiger partial charge in [-0.25, -0.2) is 4.79 Å². The average Bonchev–Trinajstić information content (AvgIpc) is 3.78. The largest absolute Gasteiger partial charge is 0.479 e. The lowest BCUT2D eigenvalue weighted by molar-refractivity contribution is -0.181. The quantitative estimate of drug-likeness (QED) is 0.170. The van der Waals surface area contributed by atoms with Gasteiger partial charge in [-0.2, -0.15) is 13.2 Å². The van der Waals surface area contributed by atoms with Crippen molar-refractivity contribution in [2.75, 3.05) is 11.7 Å². The number of allylic oxidation sites excluding steroid dienone is 1. The first-order valence-corrected chi connectivity index (χ1v) is 15.0. The van der Waals surface area contributed by atoms with Crippen LogP contribution in [0.3, 0.4) is 0 Å². The molecule has 5 rings (SSSR count). The molecular weight excluding hydrogens is 580 g/mol. The van der Waals surface area contributed by atoms with E-state index in [4.69, 9.17) is 25.4 Å². The van der Waals surface area contributed by atoms with E-state index in [2.05, 4.69) is 5.32 Å². The molecule has 7 nitrogen and oxygen atoms in total. The number of benzene rings is 3. The normalized spacial score (nSPS) is 19.0. The summed E-state index contributed by atoms with van der Waals surface area (Å²) in [5, 5.41) is 4.25. The highest BCUT2D eigenvalue weighted by atomic mass is 35.5. The van der Waals surface area contributed by atoms with Crippen LogP contribution >= 0.6 is 19.2 Å². The topological polar surface area (TPSA) is 85.9 Å². The Kier molecular flexibility index (Phi) is 8.47. The molecule has 0 saturated heterocycles. The number of hydrogen-bond acceptors (Lipinski definition) is 5. The first-order valence-electron chi connectivity index (χ1n) is 12.8. The first-order chi connectivity index (χ1) is 19.6. The molecule has 0 spiro atoms. The zero-order valence-corrected chi connectivity index (χ0v) is 23.3. The predicted octanol–water partition coefficient (Wildman–Crippen LogP) is 8.16. The summed E-state index contributed by atoms with van der Waals surface area (Å²) in [7, 11) is -3.91. The van der Waals surface area contributed by atoms with E-state index in [0.29, 0.717) is 0 Å². The van der Waals surface area contributed by atoms with Crippen LogP contribution < -0.4 is 15.4 Å². The lowest BCUT2D eigenvalue weighted by Gasteiger charge is -2.39. The maximum absolute atomic E-state index is 14.5. The van der Waals surface area contributed by atoms with Crippen LogP contribution in [0.5, 0.6) is 5.75 Å². The summed E-state index contributed by atoms with van der Waals surface area (Å²) in [5.41, 5.74) is -1.71. The van der Waals surface area contributed by atoms with Crippen molar-refractivity contribution in [2.45, 2.75) is 37.8 Å². The summed E-state index contributed by atoms with van der Waals surface area (Å²) in [6, 6.07) is 19.3. The van der Waals surface area contributed by atoms with Crippen molar-refractivity contribution in [2.24, 2.45) is 5.92 Å². The number of urea groups is 1. The Morgan fingerprint density at radius 1 is 0.976 bits per heavy atom. The number of carbonyl (C=O) groups is 1. The Hall–Kier alpha value is -3.30. The van der Waals surface area contributed by atoms with Gasteiger partial charge in [0.2, 0.25) is 0 Å². The molecule has 1 aliphatic heterocycles. The van der Waals surface area contributed by atoms with Crippen LogP contribution in [0.1, 0.15) is 29.5 Å². The Balaban J connectivity index is 1.40. The molecule has 1 aliphatic carbocycles. The molecule has 0 radical (unpaired) electrons. The third kappa shape index (κ3) is 6.96. The molecule has 2 amide bonds. The molecule has 3 aromatic carbocycles. The summed E-state index contributed by atoms with van der Waals surface area (Å²) in [6.45, 7) is -0.0608. The van der Waals surface area contributed by atoms with Gasteiger partial charge in [0.15, 0.2) is 11.9 Å². The summed E-state index contributed by atoms with van der Waals surface area (Å²) >= 11 is 6.40. The van der Waals surface area contributed by atoms with E-state index in [1.807, 2.05) is 41.7 Å². The fourth-order valence-electron chi connectivity index (χ4n) is 4.27. The van der Waals surface area contributed by atoms with E-state index in [-0.39, 0.29) is 41.2 Å². The molecule has 1 saturated carbocycles. The van der Waals surface area contributed by atoms with Gasteiger partial charge >= 0.3 is 19.8 Å². The number of fused-ring (bicyclic) bond motifs is 1. The van der Waals surface area contributed by atoms with Crippen molar-refractivity contribution >= 4 is 30.9 Å². The zero-order chi connectivity index (χ0) is 29.1. The van der Waals surface area contributed by atoms with Crippen molar-refractivity contribution in [3.63, 3.8) is 0 Å². The van der Waals surface area contributed by atoms with Crippen LogP contribution in [-0.4, -0.2) is 18.6 Å². The predicted molar refractivity (Wildman–Crippen MR) is 149 cm³/mol. The number of nitrogens with one attached hydrogen (secondary N) is 2. The van der Waals surface area contributed by atoms with Crippen LogP contribution in [0.15, 0.2) is 84.9 Å². The molecule has 0 unspecified atom stereocenters. The van der Waals surface area contributed by atoms with Gasteiger partial charge in [0.25, 0.3) is 0 Å². The van der Waals surface area contributed by atoms with Crippen molar-refractivity contribution in [3.05, 3.63) is 107 Å². The van der Waals surface area contributed by atoms with Gasteiger partial charge in [0.1, 0.15) is 5.75 Å². The minimum absolute atomic E-state index is 0.0304. The lowest BCUT2D eigenvalue weighted by atomic mass is 9.85. The number of amides is 2. The second-order valence-corrected chi connectivity index (χ2v) is 12.2. The zero-order valence-electron chi connectivity index (χ0n) is 21.7. The summed E-state index contributed by atoms with van der Waals surface area (Å²) in [6.07, 6.45) is -1.43. The molecule has 0 aromatic heterocycles. The van der Waals surface area contributed by atoms with E-state index in [1.54, 1.807) is 24.3 Å². The second-order valence-electron chi connectivity index (χ2n) is 9.81. The van der Waals surface area contributed by atoms with E-state index in [1.165, 1.54) is 12.1 Å². The van der Waals surface area contributed by atoms with Gasteiger partial charge in [0.05, 0.1) is 23.9 Å². The third-order valence-electron chi connectivity index (χ3n) is 6.66. The second kappa shape index (κ2) is 11.9. The monoisotopic (exact) mass is 606 g/mol. The molecule has 3 aromatic rings. The van der Waals surface area contributed by atoms with Crippen molar-refractivity contribution < 1.29 is 36.3 Å². The number of hydrogen-bond donors (Lipinski definition) is 2. The Bertz CT molecular complexity index is 1420. The van der Waals surface area contributed by atoms with Crippen molar-refractivity contribution in [1.82, 2.24) is 5.32 Å². The van der Waals surface area contributed by atoms with E-state index in [0.717, 1.165) is 36.1 Å². The number of halogens is 4. The summed E-state index contributed by atoms with van der Waals surface area (Å²) in [4.78, 5) is 12.4. The number of ether oxygens (including phenoxy) is 1. The molecule has 12 heteroatoms. The molecule has 41 heavy (non-hydrogen) atoms. The highest BCUT2D eigenvalue weighted by molar-refractivity contribution is 7.53. The highest BCUT2D eigenvalue weighted by Crippen LogP contribution is 2.52. The molecule has 2 N–H and O–H groups in total. The number of alkyl halides is 3. The smallest absolute Gasteiger partial charge is 0.419 e. The van der Waals surface area contributed by atoms with Gasteiger partial charge in [0, 0.05) is 11.6 Å². The number of rotatable bonds is 11. The first kappa shape index (κ1) is 29.2. The fourth-order valence-corrected chi connectivity index (χ4v) is 5.70. The van der Waals surface area contributed by atoms with Crippen LogP contribution in [-0.2, 0) is 32.4 Å². The molecule has 0 bridgehead atoms. The Labute approximate surface area is 240 Å². The maximum Gasteiger partial charge on any atom is 0.419 e. The molecule has 1 atom stereocenters. The van der Waals surface area contributed by atoms with Crippen LogP contribution in [0.4, 0.5) is 23.7 Å². The highest BCUT2D eigenvalue weighted by Gasteiger charge is 2.58. The minimum Gasteiger partial charge on any atom is -0.479 e. The van der Waals surface area contributed by atoms with E-state index in [9.17, 15) is 22.5 Å². The van der Waals surface area contributed by atoms with Gasteiger partial charge in [-0.05, 0) is 42.0 Å². The van der Waals surface area contributed by atoms with Crippen LogP contribution in [0.25, 0.3) is 0 Å². The van der Waals surface area contributed by atoms with Gasteiger partial charge < -0.3 is 24.4 Å². The van der Waals surface area contributed by atoms with Crippen molar-refractivity contribution in [3.8, 4) is 5.75 Å². The van der Waals surface area contributed by atoms with E-state index < -0.39 is 31.7 Å². The minimum atomic E-state index is -4.86. The van der Waals surface area contributed by atoms with Gasteiger partial charge in [-0.1, -0.05) is 78.3 Å². The van der Waals surface area contributed by atoms with Crippen molar-refractivity contribution in [1.29, 1.82) is 0 Å². The Morgan fingerprint density at radius 3 is 2.10 bits per heavy atom. The third-order valence-corrected chi connectivity index (χ3v) is 8.45. The lowest BCUT2D eigenvalue weighted by Crippen LogP contribution is -2.58. The molecule has 1 heterocycles. The number of carbonyl (C=O) groups excluding carboxylic acids is 1. The van der Waals surface area contributed by atoms with Crippen LogP contribution in [0, 0.1) is 5.92 Å². The molecule has 216 valence electrons. The average molecular weight is 607 g/mol. The standard InChI is InChI=1S/C29H27ClF3N2O5P/c30-24-15-23-25(34-27(36)35-28(23,29(31,32)33)14-13-20-11-12-20)16-26(24)38-19-41(37,39-17-21-7-3-1-4-8-21)40-18-22-9-5-2-6-10-22/h1-10,13-16,20H,11-12,17-19H2,(H2,34,35,36)/t28-/m0/s1. The molecular formula is C29H27ClF3N2O5P. The number of anilines is 1. The van der Waals surface area contributed by atoms with Crippen LogP contribution in [0.2, 0.25) is 5.02 Å². The molecule has 1 fully saturated rings. The molecule has 2 aliphatic rings. The maximum atomic E-state index is 14.5. The van der Waals surface area contributed by atoms with Gasteiger partial charge in [-0.3, -0.25) is 4.57 Å². The summed E-state index contributed by atoms with van der Waals surface area (Å²) < 4.78 is 74.2. The SMILES string of the molecule is O=C1Nc2cc(OCP(=O)(OCc3ccccc3)OCc3ccccc3)c(Cl)cc2[C@@](C=CC2CC2)(C(F)(F)F)N1. The fraction of sp³-hybridized carbons (Fsp3) is 0.276. The van der Waals surface area contributed by atoms with Gasteiger partial charge in [-0.15, -0.1) is 0 Å².